The zero-order chi connectivity index (χ0) is 23.3. The fraction of sp³-hybridized carbons (Fsp3) is 0.120. The van der Waals surface area contributed by atoms with Crippen molar-refractivity contribution in [2.24, 2.45) is 0 Å². The smallest absolute Gasteiger partial charge is 0.295 e. The first-order valence-corrected chi connectivity index (χ1v) is 12.0. The summed E-state index contributed by atoms with van der Waals surface area (Å²) >= 11 is 14.1. The van der Waals surface area contributed by atoms with Gasteiger partial charge in [0, 0.05) is 15.6 Å². The summed E-state index contributed by atoms with van der Waals surface area (Å²) in [4.78, 5) is 29.8. The third kappa shape index (κ3) is 3.59. The van der Waals surface area contributed by atoms with Crippen LogP contribution in [-0.4, -0.2) is 19.3 Å². The zero-order valence-corrected chi connectivity index (χ0v) is 19.9. The first-order chi connectivity index (χ1) is 15.9. The molecule has 0 radical (unpaired) electrons. The van der Waals surface area contributed by atoms with Crippen LogP contribution in [0.15, 0.2) is 74.8 Å². The third-order valence-corrected chi connectivity index (χ3v) is 6.95. The fourth-order valence-corrected chi connectivity index (χ4v) is 4.95. The van der Waals surface area contributed by atoms with E-state index in [1.165, 1.54) is 12.0 Å². The van der Waals surface area contributed by atoms with E-state index in [2.05, 4.69) is 0 Å². The molecule has 3 aromatic carbocycles. The first-order valence-electron chi connectivity index (χ1n) is 10.00. The van der Waals surface area contributed by atoms with Gasteiger partial charge in [0.2, 0.25) is 5.76 Å². The molecule has 1 aliphatic heterocycles. The highest BCUT2D eigenvalue weighted by atomic mass is 35.5. The van der Waals surface area contributed by atoms with Gasteiger partial charge >= 0.3 is 0 Å². The van der Waals surface area contributed by atoms with E-state index in [1.807, 2.05) is 30.5 Å². The van der Waals surface area contributed by atoms with Crippen LogP contribution in [0.4, 0.5) is 5.69 Å². The Morgan fingerprint density at radius 1 is 1.00 bits per heavy atom. The van der Waals surface area contributed by atoms with Gasteiger partial charge in [0.25, 0.3) is 5.91 Å². The number of carbonyl (C=O) groups is 1. The second-order valence-electron chi connectivity index (χ2n) is 7.48. The number of ether oxygens (including phenoxy) is 1. The van der Waals surface area contributed by atoms with Gasteiger partial charge in [0.15, 0.2) is 5.43 Å². The molecule has 5 rings (SSSR count). The van der Waals surface area contributed by atoms with E-state index in [4.69, 9.17) is 32.4 Å². The van der Waals surface area contributed by atoms with Crippen molar-refractivity contribution in [3.63, 3.8) is 0 Å². The number of amides is 1. The van der Waals surface area contributed by atoms with Crippen molar-refractivity contribution >= 4 is 57.5 Å². The Balaban J connectivity index is 1.78. The number of fused-ring (bicyclic) bond motifs is 2. The average Bonchev–Trinajstić information content (AvgIpc) is 3.12. The number of hydrogen-bond donors (Lipinski definition) is 0. The van der Waals surface area contributed by atoms with Crippen LogP contribution in [0.25, 0.3) is 11.0 Å². The molecule has 1 aliphatic rings. The fourth-order valence-electron chi connectivity index (χ4n) is 4.12. The van der Waals surface area contributed by atoms with Gasteiger partial charge in [-0.3, -0.25) is 14.5 Å². The molecular weight excluding hydrogens is 481 g/mol. The summed E-state index contributed by atoms with van der Waals surface area (Å²) in [5.41, 5.74) is 1.60. The van der Waals surface area contributed by atoms with Gasteiger partial charge in [-0.25, -0.2) is 0 Å². The monoisotopic (exact) mass is 497 g/mol. The molecule has 1 atom stereocenters. The Labute approximate surface area is 203 Å². The van der Waals surface area contributed by atoms with E-state index in [9.17, 15) is 9.59 Å². The Kier molecular flexibility index (Phi) is 5.60. The number of hydrogen-bond acceptors (Lipinski definition) is 5. The van der Waals surface area contributed by atoms with E-state index in [-0.39, 0.29) is 16.8 Å². The highest BCUT2D eigenvalue weighted by Crippen LogP contribution is 2.43. The molecule has 4 aromatic rings. The molecule has 2 heterocycles. The van der Waals surface area contributed by atoms with Crippen molar-refractivity contribution in [2.75, 3.05) is 18.3 Å². The number of halogens is 2. The SMILES string of the molecule is COc1ccc(N2C(=O)c3oc4ccc(Cl)cc4c(=O)c3C2c2ccc(SC)cc2)cc1Cl. The van der Waals surface area contributed by atoms with Crippen LogP contribution in [0.1, 0.15) is 27.7 Å². The van der Waals surface area contributed by atoms with E-state index < -0.39 is 11.9 Å². The van der Waals surface area contributed by atoms with Crippen molar-refractivity contribution < 1.29 is 13.9 Å². The molecule has 0 bridgehead atoms. The van der Waals surface area contributed by atoms with Crippen molar-refractivity contribution in [2.45, 2.75) is 10.9 Å². The Morgan fingerprint density at radius 2 is 1.76 bits per heavy atom. The average molecular weight is 498 g/mol. The van der Waals surface area contributed by atoms with Crippen LogP contribution < -0.4 is 15.1 Å². The van der Waals surface area contributed by atoms with Crippen LogP contribution >= 0.6 is 35.0 Å². The molecule has 1 aromatic heterocycles. The number of nitrogens with zero attached hydrogens (tertiary/aromatic N) is 1. The molecular formula is C25H17Cl2NO4S. The third-order valence-electron chi connectivity index (χ3n) is 5.68. The molecule has 0 saturated heterocycles. The standard InChI is InChI=1S/C25H17Cl2NO4S/c1-31-20-10-6-15(12-18(20)27)28-22(13-3-7-16(33-2)8-4-13)21-23(29)17-11-14(26)5-9-19(17)32-24(21)25(28)30/h3-12,22H,1-2H3. The van der Waals surface area contributed by atoms with Crippen molar-refractivity contribution in [3.05, 3.63) is 97.8 Å². The topological polar surface area (TPSA) is 59.8 Å². The van der Waals surface area contributed by atoms with Crippen molar-refractivity contribution in [1.29, 1.82) is 0 Å². The summed E-state index contributed by atoms with van der Waals surface area (Å²) in [5, 5.41) is 1.10. The molecule has 0 aliphatic carbocycles. The lowest BCUT2D eigenvalue weighted by atomic mass is 9.98. The Morgan fingerprint density at radius 3 is 2.42 bits per heavy atom. The van der Waals surface area contributed by atoms with Crippen LogP contribution in [0.3, 0.4) is 0 Å². The molecule has 0 saturated carbocycles. The van der Waals surface area contributed by atoms with Gasteiger partial charge in [-0.2, -0.15) is 0 Å². The predicted molar refractivity (Wildman–Crippen MR) is 132 cm³/mol. The molecule has 0 N–H and O–H groups in total. The highest BCUT2D eigenvalue weighted by molar-refractivity contribution is 7.98. The van der Waals surface area contributed by atoms with Gasteiger partial charge < -0.3 is 9.15 Å². The van der Waals surface area contributed by atoms with E-state index in [1.54, 1.807) is 48.2 Å². The summed E-state index contributed by atoms with van der Waals surface area (Å²) < 4.78 is 11.2. The number of thioether (sulfide) groups is 1. The maximum absolute atomic E-state index is 13.6. The van der Waals surface area contributed by atoms with Gasteiger partial charge in [-0.15, -0.1) is 11.8 Å². The summed E-state index contributed by atoms with van der Waals surface area (Å²) in [6.07, 6.45) is 1.99. The van der Waals surface area contributed by atoms with Crippen LogP contribution in [0.2, 0.25) is 10.0 Å². The minimum absolute atomic E-state index is 0.0145. The minimum atomic E-state index is -0.688. The lowest BCUT2D eigenvalue weighted by Gasteiger charge is -2.25. The number of benzene rings is 3. The second-order valence-corrected chi connectivity index (χ2v) is 9.21. The molecule has 1 unspecified atom stereocenters. The second kappa shape index (κ2) is 8.45. The largest absolute Gasteiger partial charge is 0.495 e. The summed E-state index contributed by atoms with van der Waals surface area (Å²) in [5.74, 6) is 0.0832. The molecule has 5 nitrogen and oxygen atoms in total. The van der Waals surface area contributed by atoms with Gasteiger partial charge in [0.05, 0.1) is 29.1 Å². The highest BCUT2D eigenvalue weighted by Gasteiger charge is 2.43. The molecule has 166 valence electrons. The summed E-state index contributed by atoms with van der Waals surface area (Å²) in [7, 11) is 1.52. The number of carbonyl (C=O) groups excluding carboxylic acids is 1. The normalized spacial score (nSPS) is 15.2. The molecule has 8 heteroatoms. The summed E-state index contributed by atoms with van der Waals surface area (Å²) in [6, 6.07) is 16.9. The van der Waals surface area contributed by atoms with Crippen molar-refractivity contribution in [3.8, 4) is 5.75 Å². The number of anilines is 1. The summed E-state index contributed by atoms with van der Waals surface area (Å²) in [6.45, 7) is 0. The van der Waals surface area contributed by atoms with Gasteiger partial charge in [-0.05, 0) is 60.4 Å². The lowest BCUT2D eigenvalue weighted by molar-refractivity contribution is 0.0971. The first kappa shape index (κ1) is 21.9. The molecule has 0 fully saturated rings. The minimum Gasteiger partial charge on any atom is -0.495 e. The van der Waals surface area contributed by atoms with Crippen molar-refractivity contribution in [1.82, 2.24) is 0 Å². The lowest BCUT2D eigenvalue weighted by Crippen LogP contribution is -2.29. The Bertz CT molecular complexity index is 1470. The zero-order valence-electron chi connectivity index (χ0n) is 17.6. The van der Waals surface area contributed by atoms with Crippen LogP contribution in [0, 0.1) is 0 Å². The number of rotatable bonds is 4. The maximum atomic E-state index is 13.6. The van der Waals surface area contributed by atoms with E-state index >= 15 is 0 Å². The van der Waals surface area contributed by atoms with Crippen LogP contribution in [0.5, 0.6) is 5.75 Å². The van der Waals surface area contributed by atoms with Gasteiger partial charge in [0.1, 0.15) is 11.3 Å². The van der Waals surface area contributed by atoms with E-state index in [0.717, 1.165) is 10.5 Å². The molecule has 0 spiro atoms. The van der Waals surface area contributed by atoms with E-state index in [0.29, 0.717) is 32.5 Å². The quantitative estimate of drug-likeness (QED) is 0.298. The maximum Gasteiger partial charge on any atom is 0.295 e. The Hall–Kier alpha value is -2.93. The molecule has 1 amide bonds. The predicted octanol–water partition coefficient (Wildman–Crippen LogP) is 6.58. The number of methoxy groups -OCH3 is 1. The van der Waals surface area contributed by atoms with Gasteiger partial charge in [-0.1, -0.05) is 35.3 Å². The van der Waals surface area contributed by atoms with Crippen LogP contribution in [-0.2, 0) is 0 Å². The molecule has 33 heavy (non-hydrogen) atoms.